The van der Waals surface area contributed by atoms with Gasteiger partial charge in [0.25, 0.3) is 0 Å². The Balaban J connectivity index is 1.95. The Bertz CT molecular complexity index is 501. The van der Waals surface area contributed by atoms with E-state index in [2.05, 4.69) is 40.3 Å². The first kappa shape index (κ1) is 10.4. The van der Waals surface area contributed by atoms with E-state index in [-0.39, 0.29) is 0 Å². The lowest BCUT2D eigenvalue weighted by Gasteiger charge is -2.26. The Morgan fingerprint density at radius 1 is 1.24 bits per heavy atom. The van der Waals surface area contributed by atoms with E-state index in [9.17, 15) is 0 Å². The fourth-order valence-corrected chi connectivity index (χ4v) is 2.41. The third kappa shape index (κ3) is 1.83. The molecule has 0 radical (unpaired) electrons. The van der Waals surface area contributed by atoms with E-state index in [4.69, 9.17) is 4.74 Å². The highest BCUT2D eigenvalue weighted by Crippen LogP contribution is 2.26. The average Bonchev–Trinajstić information content (AvgIpc) is 2.87. The lowest BCUT2D eigenvalue weighted by atomic mass is 10.0. The minimum Gasteiger partial charge on any atom is -0.497 e. The minimum atomic E-state index is 0.296. The molecule has 0 bridgehead atoms. The maximum absolute atomic E-state index is 5.19. The molecule has 0 amide bonds. The van der Waals surface area contributed by atoms with Crippen LogP contribution in [0.15, 0.2) is 42.6 Å². The zero-order valence-corrected chi connectivity index (χ0v) is 9.89. The van der Waals surface area contributed by atoms with Gasteiger partial charge in [-0.25, -0.2) is 0 Å². The van der Waals surface area contributed by atoms with Gasteiger partial charge < -0.3 is 14.6 Å². The molecule has 1 aromatic carbocycles. The lowest BCUT2D eigenvalue weighted by molar-refractivity contribution is 0.414. The number of fused-ring (bicyclic) bond motifs is 1. The van der Waals surface area contributed by atoms with Gasteiger partial charge in [-0.3, -0.25) is 0 Å². The Kier molecular flexibility index (Phi) is 2.61. The van der Waals surface area contributed by atoms with Gasteiger partial charge in [0.05, 0.1) is 13.2 Å². The number of ether oxygens (including phenoxy) is 1. The second-order valence-corrected chi connectivity index (χ2v) is 4.29. The molecule has 0 fully saturated rings. The van der Waals surface area contributed by atoms with Crippen LogP contribution in [-0.2, 0) is 6.54 Å². The van der Waals surface area contributed by atoms with E-state index in [1.54, 1.807) is 7.11 Å². The molecule has 1 aliphatic rings. The van der Waals surface area contributed by atoms with Crippen molar-refractivity contribution in [2.24, 2.45) is 0 Å². The fourth-order valence-electron chi connectivity index (χ4n) is 2.41. The lowest BCUT2D eigenvalue weighted by Crippen LogP contribution is -2.33. The van der Waals surface area contributed by atoms with Gasteiger partial charge >= 0.3 is 0 Å². The van der Waals surface area contributed by atoms with Crippen LogP contribution >= 0.6 is 0 Å². The van der Waals surface area contributed by atoms with Crippen LogP contribution in [0.2, 0.25) is 0 Å². The zero-order valence-electron chi connectivity index (χ0n) is 9.89. The number of aromatic nitrogens is 1. The molecule has 3 nitrogen and oxygen atoms in total. The first-order valence-electron chi connectivity index (χ1n) is 5.91. The van der Waals surface area contributed by atoms with E-state index >= 15 is 0 Å². The molecule has 88 valence electrons. The smallest absolute Gasteiger partial charge is 0.118 e. The summed E-state index contributed by atoms with van der Waals surface area (Å²) in [6, 6.07) is 12.9. The molecule has 0 saturated heterocycles. The van der Waals surface area contributed by atoms with Gasteiger partial charge in [0.2, 0.25) is 0 Å². The van der Waals surface area contributed by atoms with E-state index in [1.165, 1.54) is 11.3 Å². The summed E-state index contributed by atoms with van der Waals surface area (Å²) in [6.45, 7) is 2.06. The largest absolute Gasteiger partial charge is 0.497 e. The quantitative estimate of drug-likeness (QED) is 0.852. The maximum atomic E-state index is 5.19. The number of methoxy groups -OCH3 is 1. The zero-order chi connectivity index (χ0) is 11.7. The molecule has 0 spiro atoms. The van der Waals surface area contributed by atoms with E-state index in [1.807, 2.05) is 12.1 Å². The highest BCUT2D eigenvalue weighted by molar-refractivity contribution is 5.34. The summed E-state index contributed by atoms with van der Waals surface area (Å²) in [6.07, 6.45) is 2.15. The second kappa shape index (κ2) is 4.26. The third-order valence-corrected chi connectivity index (χ3v) is 3.31. The van der Waals surface area contributed by atoms with Crippen molar-refractivity contribution in [1.82, 2.24) is 9.88 Å². The van der Waals surface area contributed by atoms with E-state index in [0.717, 1.165) is 18.8 Å². The van der Waals surface area contributed by atoms with Gasteiger partial charge in [0, 0.05) is 25.0 Å². The summed E-state index contributed by atoms with van der Waals surface area (Å²) in [4.78, 5) is 0. The molecule has 1 N–H and O–H groups in total. The SMILES string of the molecule is COc1ccc([C@@H]2NCCn3cccc32)cc1. The highest BCUT2D eigenvalue weighted by Gasteiger charge is 2.20. The molecule has 0 aliphatic carbocycles. The van der Waals surface area contributed by atoms with Crippen molar-refractivity contribution in [3.63, 3.8) is 0 Å². The standard InChI is InChI=1S/C14H16N2O/c1-17-12-6-4-11(5-7-12)14-13-3-2-9-16(13)10-8-15-14/h2-7,9,14-15H,8,10H2,1H3/t14-/m0/s1. The summed E-state index contributed by atoms with van der Waals surface area (Å²) in [7, 11) is 1.69. The second-order valence-electron chi connectivity index (χ2n) is 4.29. The van der Waals surface area contributed by atoms with Crippen LogP contribution in [0.25, 0.3) is 0 Å². The monoisotopic (exact) mass is 228 g/mol. The fraction of sp³-hybridized carbons (Fsp3) is 0.286. The Morgan fingerprint density at radius 2 is 2.06 bits per heavy atom. The normalized spacial score (nSPS) is 18.8. The number of hydrogen-bond acceptors (Lipinski definition) is 2. The molecule has 1 aliphatic heterocycles. The molecule has 3 rings (SSSR count). The van der Waals surface area contributed by atoms with Gasteiger partial charge in [0.1, 0.15) is 5.75 Å². The summed E-state index contributed by atoms with van der Waals surface area (Å²) < 4.78 is 7.50. The van der Waals surface area contributed by atoms with E-state index < -0.39 is 0 Å². The third-order valence-electron chi connectivity index (χ3n) is 3.31. The van der Waals surface area contributed by atoms with Crippen LogP contribution in [0, 0.1) is 0 Å². The van der Waals surface area contributed by atoms with Crippen molar-refractivity contribution >= 4 is 0 Å². The Labute approximate surface area is 101 Å². The molecule has 0 unspecified atom stereocenters. The molecule has 17 heavy (non-hydrogen) atoms. The molecule has 1 aromatic heterocycles. The van der Waals surface area contributed by atoms with Crippen molar-refractivity contribution in [1.29, 1.82) is 0 Å². The minimum absolute atomic E-state index is 0.296. The molecule has 2 heterocycles. The number of nitrogens with zero attached hydrogens (tertiary/aromatic N) is 1. The molecular formula is C14H16N2O. The topological polar surface area (TPSA) is 26.2 Å². The van der Waals surface area contributed by atoms with Crippen molar-refractivity contribution in [2.75, 3.05) is 13.7 Å². The van der Waals surface area contributed by atoms with Gasteiger partial charge in [-0.05, 0) is 29.8 Å². The van der Waals surface area contributed by atoms with Crippen LogP contribution in [0.5, 0.6) is 5.75 Å². The summed E-state index contributed by atoms with van der Waals surface area (Å²) in [5.41, 5.74) is 2.62. The van der Waals surface area contributed by atoms with Gasteiger partial charge in [0.15, 0.2) is 0 Å². The van der Waals surface area contributed by atoms with Crippen LogP contribution in [0.3, 0.4) is 0 Å². The molecule has 3 heteroatoms. The number of hydrogen-bond donors (Lipinski definition) is 1. The van der Waals surface area contributed by atoms with Crippen LogP contribution < -0.4 is 10.1 Å². The summed E-state index contributed by atoms with van der Waals surface area (Å²) in [5.74, 6) is 0.903. The highest BCUT2D eigenvalue weighted by atomic mass is 16.5. The van der Waals surface area contributed by atoms with Gasteiger partial charge in [-0.2, -0.15) is 0 Å². The number of rotatable bonds is 2. The Hall–Kier alpha value is -1.74. The van der Waals surface area contributed by atoms with E-state index in [0.29, 0.717) is 6.04 Å². The average molecular weight is 228 g/mol. The predicted molar refractivity (Wildman–Crippen MR) is 67.3 cm³/mol. The van der Waals surface area contributed by atoms with Gasteiger partial charge in [-0.1, -0.05) is 12.1 Å². The van der Waals surface area contributed by atoms with Gasteiger partial charge in [-0.15, -0.1) is 0 Å². The predicted octanol–water partition coefficient (Wildman–Crippen LogP) is 2.19. The van der Waals surface area contributed by atoms with Crippen LogP contribution in [-0.4, -0.2) is 18.2 Å². The molecule has 0 saturated carbocycles. The maximum Gasteiger partial charge on any atom is 0.118 e. The molecular weight excluding hydrogens is 212 g/mol. The summed E-state index contributed by atoms with van der Waals surface area (Å²) >= 11 is 0. The van der Waals surface area contributed by atoms with Crippen molar-refractivity contribution in [3.05, 3.63) is 53.9 Å². The Morgan fingerprint density at radius 3 is 2.82 bits per heavy atom. The molecule has 1 atom stereocenters. The first-order chi connectivity index (χ1) is 8.38. The number of benzene rings is 1. The molecule has 2 aromatic rings. The van der Waals surface area contributed by atoms with Crippen molar-refractivity contribution in [3.8, 4) is 5.75 Å². The van der Waals surface area contributed by atoms with Crippen LogP contribution in [0.4, 0.5) is 0 Å². The summed E-state index contributed by atoms with van der Waals surface area (Å²) in [5, 5.41) is 3.55. The van der Waals surface area contributed by atoms with Crippen LogP contribution in [0.1, 0.15) is 17.3 Å². The first-order valence-corrected chi connectivity index (χ1v) is 5.91. The van der Waals surface area contributed by atoms with Crippen molar-refractivity contribution < 1.29 is 4.74 Å². The number of nitrogens with one attached hydrogen (secondary N) is 1. The van der Waals surface area contributed by atoms with Crippen molar-refractivity contribution in [2.45, 2.75) is 12.6 Å².